The van der Waals surface area contributed by atoms with E-state index >= 15 is 0 Å². The molecule has 0 fully saturated rings. The third-order valence-electron chi connectivity index (χ3n) is 4.09. The van der Waals surface area contributed by atoms with Crippen molar-refractivity contribution in [1.29, 1.82) is 0 Å². The first kappa shape index (κ1) is 18.6. The van der Waals surface area contributed by atoms with Gasteiger partial charge in [-0.25, -0.2) is 4.98 Å². The van der Waals surface area contributed by atoms with E-state index in [9.17, 15) is 5.11 Å². The average Bonchev–Trinajstić information content (AvgIpc) is 2.60. The smallest absolute Gasteiger partial charge is 0.218 e. The zero-order valence-electron chi connectivity index (χ0n) is 15.0. The van der Waals surface area contributed by atoms with E-state index in [1.165, 1.54) is 5.56 Å². The Kier molecular flexibility index (Phi) is 6.09. The molecule has 0 saturated carbocycles. The molecule has 26 heavy (non-hydrogen) atoms. The number of aliphatic hydroxyl groups excluding tert-OH is 1. The van der Waals surface area contributed by atoms with Gasteiger partial charge in [0.2, 0.25) is 5.88 Å². The maximum atomic E-state index is 9.47. The van der Waals surface area contributed by atoms with E-state index < -0.39 is 6.10 Å². The molecule has 0 aliphatic heterocycles. The maximum absolute atomic E-state index is 9.47. The van der Waals surface area contributed by atoms with Gasteiger partial charge >= 0.3 is 0 Å². The first-order valence-electron chi connectivity index (χ1n) is 8.68. The van der Waals surface area contributed by atoms with Crippen molar-refractivity contribution in [2.24, 2.45) is 0 Å². The highest BCUT2D eigenvalue weighted by Gasteiger charge is 2.10. The van der Waals surface area contributed by atoms with Gasteiger partial charge in [-0.05, 0) is 38.1 Å². The Morgan fingerprint density at radius 3 is 2.73 bits per heavy atom. The molecule has 5 heteroatoms. The Labute approximate surface area is 158 Å². The summed E-state index contributed by atoms with van der Waals surface area (Å²) in [5, 5.41) is 14.5. The quantitative estimate of drug-likeness (QED) is 0.653. The summed E-state index contributed by atoms with van der Waals surface area (Å²) >= 11 is 6.22. The van der Waals surface area contributed by atoms with Crippen molar-refractivity contribution in [3.8, 4) is 5.88 Å². The SMILES string of the molecule is Cc1ccc2nc(OCc3ccccc3Cl)c(CNCC(C)O)cc2c1. The fraction of sp³-hybridized carbons (Fsp3) is 0.286. The topological polar surface area (TPSA) is 54.4 Å². The monoisotopic (exact) mass is 370 g/mol. The number of ether oxygens (including phenoxy) is 1. The van der Waals surface area contributed by atoms with E-state index in [0.717, 1.165) is 22.0 Å². The lowest BCUT2D eigenvalue weighted by Crippen LogP contribution is -2.24. The predicted molar refractivity (Wildman–Crippen MR) is 106 cm³/mol. The van der Waals surface area contributed by atoms with Crippen molar-refractivity contribution >= 4 is 22.5 Å². The molecule has 1 aromatic heterocycles. The molecule has 3 aromatic rings. The van der Waals surface area contributed by atoms with E-state index in [1.807, 2.05) is 36.4 Å². The molecular formula is C21H23ClN2O2. The number of aromatic nitrogens is 1. The van der Waals surface area contributed by atoms with Gasteiger partial charge in [0.1, 0.15) is 6.61 Å². The molecule has 0 aliphatic carbocycles. The van der Waals surface area contributed by atoms with Gasteiger partial charge in [0.15, 0.2) is 0 Å². The molecule has 0 aliphatic rings. The van der Waals surface area contributed by atoms with Crippen LogP contribution in [0.25, 0.3) is 10.9 Å². The molecule has 2 N–H and O–H groups in total. The summed E-state index contributed by atoms with van der Waals surface area (Å²) in [6, 6.07) is 15.9. The third-order valence-corrected chi connectivity index (χ3v) is 4.46. The van der Waals surface area contributed by atoms with Crippen LogP contribution in [-0.2, 0) is 13.2 Å². The molecular weight excluding hydrogens is 348 g/mol. The number of hydrogen-bond acceptors (Lipinski definition) is 4. The molecule has 0 radical (unpaired) electrons. The fourth-order valence-corrected chi connectivity index (χ4v) is 2.94. The number of halogens is 1. The van der Waals surface area contributed by atoms with E-state index in [-0.39, 0.29) is 0 Å². The minimum atomic E-state index is -0.404. The minimum Gasteiger partial charge on any atom is -0.472 e. The predicted octanol–water partition coefficient (Wildman–Crippen LogP) is 4.25. The van der Waals surface area contributed by atoms with Gasteiger partial charge in [-0.1, -0.05) is 41.4 Å². The van der Waals surface area contributed by atoms with E-state index in [4.69, 9.17) is 21.3 Å². The van der Waals surface area contributed by atoms with Gasteiger partial charge in [-0.3, -0.25) is 0 Å². The number of nitrogens with zero attached hydrogens (tertiary/aromatic N) is 1. The van der Waals surface area contributed by atoms with E-state index in [2.05, 4.69) is 24.4 Å². The number of pyridine rings is 1. The van der Waals surface area contributed by atoms with Crippen molar-refractivity contribution in [1.82, 2.24) is 10.3 Å². The Balaban J connectivity index is 1.87. The molecule has 136 valence electrons. The summed E-state index contributed by atoms with van der Waals surface area (Å²) in [6.45, 7) is 5.25. The van der Waals surface area contributed by atoms with Crippen LogP contribution >= 0.6 is 11.6 Å². The zero-order chi connectivity index (χ0) is 18.5. The first-order chi connectivity index (χ1) is 12.5. The van der Waals surface area contributed by atoms with Crippen LogP contribution in [0.5, 0.6) is 5.88 Å². The summed E-state index contributed by atoms with van der Waals surface area (Å²) in [7, 11) is 0. The first-order valence-corrected chi connectivity index (χ1v) is 9.06. The number of aliphatic hydroxyl groups is 1. The Bertz CT molecular complexity index is 896. The van der Waals surface area contributed by atoms with Gasteiger partial charge in [-0.15, -0.1) is 0 Å². The van der Waals surface area contributed by atoms with Crippen LogP contribution in [0, 0.1) is 6.92 Å². The normalized spacial score (nSPS) is 12.3. The molecule has 3 rings (SSSR count). The standard InChI is InChI=1S/C21H23ClN2O2/c1-14-7-8-20-17(9-14)10-18(12-23-11-15(2)25)21(24-20)26-13-16-5-3-4-6-19(16)22/h3-10,15,23,25H,11-13H2,1-2H3. The van der Waals surface area contributed by atoms with Gasteiger partial charge in [-0.2, -0.15) is 0 Å². The molecule has 0 spiro atoms. The third kappa shape index (κ3) is 4.73. The zero-order valence-corrected chi connectivity index (χ0v) is 15.8. The van der Waals surface area contributed by atoms with Crippen LogP contribution in [0.15, 0.2) is 48.5 Å². The van der Waals surface area contributed by atoms with Crippen molar-refractivity contribution in [3.05, 3.63) is 70.2 Å². The second-order valence-corrected chi connectivity index (χ2v) is 6.92. The molecule has 1 unspecified atom stereocenters. The van der Waals surface area contributed by atoms with Crippen molar-refractivity contribution < 1.29 is 9.84 Å². The number of aryl methyl sites for hydroxylation is 1. The number of nitrogens with one attached hydrogen (secondary N) is 1. The largest absolute Gasteiger partial charge is 0.472 e. The van der Waals surface area contributed by atoms with Crippen molar-refractivity contribution in [3.63, 3.8) is 0 Å². The lowest BCUT2D eigenvalue weighted by Gasteiger charge is -2.14. The lowest BCUT2D eigenvalue weighted by molar-refractivity contribution is 0.190. The van der Waals surface area contributed by atoms with Gasteiger partial charge in [0.05, 0.1) is 11.6 Å². The maximum Gasteiger partial charge on any atom is 0.218 e. The van der Waals surface area contributed by atoms with Gasteiger partial charge in [0, 0.05) is 34.6 Å². The summed E-state index contributed by atoms with van der Waals surface area (Å²) in [6.07, 6.45) is -0.404. The highest BCUT2D eigenvalue weighted by molar-refractivity contribution is 6.31. The second kappa shape index (κ2) is 8.49. The fourth-order valence-electron chi connectivity index (χ4n) is 2.75. The van der Waals surface area contributed by atoms with Crippen molar-refractivity contribution in [2.75, 3.05) is 6.54 Å². The van der Waals surface area contributed by atoms with Crippen LogP contribution in [-0.4, -0.2) is 22.7 Å². The molecule has 1 atom stereocenters. The Morgan fingerprint density at radius 2 is 1.96 bits per heavy atom. The Morgan fingerprint density at radius 1 is 1.15 bits per heavy atom. The Hall–Kier alpha value is -2.14. The molecule has 4 nitrogen and oxygen atoms in total. The van der Waals surface area contributed by atoms with Crippen LogP contribution < -0.4 is 10.1 Å². The minimum absolute atomic E-state index is 0.355. The highest BCUT2D eigenvalue weighted by Crippen LogP contribution is 2.25. The molecule has 0 amide bonds. The summed E-state index contributed by atoms with van der Waals surface area (Å²) < 4.78 is 6.00. The summed E-state index contributed by atoms with van der Waals surface area (Å²) in [4.78, 5) is 4.69. The second-order valence-electron chi connectivity index (χ2n) is 6.51. The number of rotatable bonds is 7. The van der Waals surface area contributed by atoms with Crippen LogP contribution in [0.1, 0.15) is 23.6 Å². The van der Waals surface area contributed by atoms with Crippen LogP contribution in [0.3, 0.4) is 0 Å². The highest BCUT2D eigenvalue weighted by atomic mass is 35.5. The molecule has 2 aromatic carbocycles. The van der Waals surface area contributed by atoms with Gasteiger partial charge < -0.3 is 15.2 Å². The van der Waals surface area contributed by atoms with E-state index in [0.29, 0.717) is 30.6 Å². The van der Waals surface area contributed by atoms with Crippen molar-refractivity contribution in [2.45, 2.75) is 33.1 Å². The van der Waals surface area contributed by atoms with Crippen LogP contribution in [0.2, 0.25) is 5.02 Å². The molecule has 0 saturated heterocycles. The molecule has 1 heterocycles. The van der Waals surface area contributed by atoms with Crippen LogP contribution in [0.4, 0.5) is 0 Å². The average molecular weight is 371 g/mol. The van der Waals surface area contributed by atoms with Gasteiger partial charge in [0.25, 0.3) is 0 Å². The number of hydrogen-bond donors (Lipinski definition) is 2. The number of fused-ring (bicyclic) bond motifs is 1. The lowest BCUT2D eigenvalue weighted by atomic mass is 10.1. The van der Waals surface area contributed by atoms with E-state index in [1.54, 1.807) is 6.92 Å². The summed E-state index contributed by atoms with van der Waals surface area (Å²) in [5.41, 5.74) is 3.95. The number of benzene rings is 2. The summed E-state index contributed by atoms with van der Waals surface area (Å²) in [5.74, 6) is 0.583. The molecule has 0 bridgehead atoms.